The highest BCUT2D eigenvalue weighted by Gasteiger charge is 2.25. The van der Waals surface area contributed by atoms with Crippen LogP contribution < -0.4 is 10.6 Å². The number of nitrogens with one attached hydrogen (secondary N) is 2. The maximum atomic E-state index is 12.3. The predicted molar refractivity (Wildman–Crippen MR) is 106 cm³/mol. The van der Waals surface area contributed by atoms with E-state index in [2.05, 4.69) is 15.0 Å². The lowest BCUT2D eigenvalue weighted by atomic mass is 10.0. The Morgan fingerprint density at radius 3 is 2.59 bits per heavy atom. The van der Waals surface area contributed by atoms with Gasteiger partial charge >= 0.3 is 0 Å². The first kappa shape index (κ1) is 19.1. The number of rotatable bonds is 6. The highest BCUT2D eigenvalue weighted by atomic mass is 32.2. The lowest BCUT2D eigenvalue weighted by molar-refractivity contribution is -0.122. The fourth-order valence-electron chi connectivity index (χ4n) is 2.95. The number of sulfonamides is 1. The van der Waals surface area contributed by atoms with E-state index in [1.807, 2.05) is 38.1 Å². The number of aryl methyl sites for hydroxylation is 1. The van der Waals surface area contributed by atoms with E-state index in [1.165, 1.54) is 11.6 Å². The maximum absolute atomic E-state index is 12.3. The van der Waals surface area contributed by atoms with Crippen LogP contribution in [0.4, 0.5) is 5.69 Å². The van der Waals surface area contributed by atoms with Crippen LogP contribution in [0, 0.1) is 12.8 Å². The molecule has 0 fully saturated rings. The highest BCUT2D eigenvalue weighted by molar-refractivity contribution is 7.90. The standard InChI is InChI=1S/C20H23N3O3S/c1-14-7-9-16(10-8-14)13-21-20(24)12-15(2)11-19-22-17-5-3-4-6-18(17)27(25,26)23-19/h3-10,15H,11-13H2,1-2H3,(H,21,24)(H,22,23). The Bertz CT molecular complexity index is 966. The number of benzene rings is 2. The van der Waals surface area contributed by atoms with E-state index in [9.17, 15) is 13.2 Å². The van der Waals surface area contributed by atoms with E-state index in [4.69, 9.17) is 0 Å². The van der Waals surface area contributed by atoms with Crippen molar-refractivity contribution in [1.82, 2.24) is 5.32 Å². The third kappa shape index (κ3) is 4.95. The van der Waals surface area contributed by atoms with Crippen molar-refractivity contribution in [2.75, 3.05) is 5.32 Å². The van der Waals surface area contributed by atoms with Crippen molar-refractivity contribution < 1.29 is 13.2 Å². The molecule has 1 amide bonds. The Morgan fingerprint density at radius 2 is 1.85 bits per heavy atom. The Kier molecular flexibility index (Phi) is 5.60. The fourth-order valence-corrected chi connectivity index (χ4v) is 4.11. The highest BCUT2D eigenvalue weighted by Crippen LogP contribution is 2.28. The molecule has 2 aromatic carbocycles. The Labute approximate surface area is 159 Å². The summed E-state index contributed by atoms with van der Waals surface area (Å²) in [5.74, 6) is 0.255. The molecule has 0 saturated carbocycles. The summed E-state index contributed by atoms with van der Waals surface area (Å²) < 4.78 is 28.4. The SMILES string of the molecule is Cc1ccc(CNC(=O)CC(C)CC2=NS(=O)(=O)c3ccccc3N2)cc1. The van der Waals surface area contributed by atoms with Crippen molar-refractivity contribution in [2.24, 2.45) is 10.3 Å². The number of amides is 1. The van der Waals surface area contributed by atoms with E-state index in [1.54, 1.807) is 18.2 Å². The Hall–Kier alpha value is -2.67. The predicted octanol–water partition coefficient (Wildman–Crippen LogP) is 3.24. The summed E-state index contributed by atoms with van der Waals surface area (Å²) in [6.45, 7) is 4.40. The van der Waals surface area contributed by atoms with E-state index >= 15 is 0 Å². The van der Waals surface area contributed by atoms with Gasteiger partial charge in [0.05, 0.1) is 5.69 Å². The second kappa shape index (κ2) is 7.92. The minimum Gasteiger partial charge on any atom is -0.352 e. The van der Waals surface area contributed by atoms with Crippen LogP contribution in [0.2, 0.25) is 0 Å². The molecule has 6 nitrogen and oxygen atoms in total. The van der Waals surface area contributed by atoms with Gasteiger partial charge in [0, 0.05) is 19.4 Å². The van der Waals surface area contributed by atoms with Gasteiger partial charge in [0.2, 0.25) is 5.91 Å². The van der Waals surface area contributed by atoms with Gasteiger partial charge in [-0.1, -0.05) is 48.9 Å². The van der Waals surface area contributed by atoms with Crippen LogP contribution in [0.5, 0.6) is 0 Å². The van der Waals surface area contributed by atoms with Gasteiger partial charge in [-0.2, -0.15) is 8.42 Å². The third-order valence-electron chi connectivity index (χ3n) is 4.36. The normalized spacial score (nSPS) is 15.9. The molecule has 0 aliphatic carbocycles. The van der Waals surface area contributed by atoms with E-state index in [-0.39, 0.29) is 16.7 Å². The summed E-state index contributed by atoms with van der Waals surface area (Å²) in [5.41, 5.74) is 2.75. The number of hydrogen-bond acceptors (Lipinski definition) is 4. The zero-order valence-corrected chi connectivity index (χ0v) is 16.2. The number of anilines is 1. The van der Waals surface area contributed by atoms with Gasteiger partial charge in [-0.05, 0) is 30.5 Å². The van der Waals surface area contributed by atoms with Crippen molar-refractivity contribution in [3.8, 4) is 0 Å². The molecule has 1 atom stereocenters. The molecule has 1 aliphatic rings. The molecule has 2 aromatic rings. The summed E-state index contributed by atoms with van der Waals surface area (Å²) >= 11 is 0. The summed E-state index contributed by atoms with van der Waals surface area (Å²) in [5, 5.41) is 5.96. The van der Waals surface area contributed by atoms with Crippen LogP contribution in [0.15, 0.2) is 57.8 Å². The molecule has 0 radical (unpaired) electrons. The second-order valence-corrected chi connectivity index (χ2v) is 8.48. The summed E-state index contributed by atoms with van der Waals surface area (Å²) in [6.07, 6.45) is 0.680. The molecule has 7 heteroatoms. The second-order valence-electron chi connectivity index (χ2n) is 6.91. The number of carbonyl (C=O) groups is 1. The average molecular weight is 385 g/mol. The van der Waals surface area contributed by atoms with Crippen LogP contribution in [-0.4, -0.2) is 20.2 Å². The molecule has 0 saturated heterocycles. The molecule has 27 heavy (non-hydrogen) atoms. The molecular formula is C20H23N3O3S. The molecule has 1 unspecified atom stereocenters. The van der Waals surface area contributed by atoms with Crippen molar-refractivity contribution in [1.29, 1.82) is 0 Å². The first-order valence-corrected chi connectivity index (χ1v) is 10.3. The topological polar surface area (TPSA) is 87.6 Å². The number of fused-ring (bicyclic) bond motifs is 1. The zero-order chi connectivity index (χ0) is 19.4. The molecule has 2 N–H and O–H groups in total. The van der Waals surface area contributed by atoms with Crippen molar-refractivity contribution >= 4 is 27.5 Å². The first-order chi connectivity index (χ1) is 12.8. The van der Waals surface area contributed by atoms with Gasteiger partial charge in [-0.25, -0.2) is 0 Å². The van der Waals surface area contributed by atoms with Gasteiger partial charge in [0.1, 0.15) is 10.7 Å². The number of amidine groups is 1. The van der Waals surface area contributed by atoms with E-state index < -0.39 is 10.0 Å². The largest absolute Gasteiger partial charge is 0.352 e. The Balaban J connectivity index is 1.55. The minimum atomic E-state index is -3.69. The quantitative estimate of drug-likeness (QED) is 0.799. The number of carbonyl (C=O) groups excluding carboxylic acids is 1. The van der Waals surface area contributed by atoms with Gasteiger partial charge in [-0.3, -0.25) is 4.79 Å². The summed E-state index contributed by atoms with van der Waals surface area (Å²) in [4.78, 5) is 12.3. The molecule has 3 rings (SSSR count). The van der Waals surface area contributed by atoms with Crippen LogP contribution in [0.1, 0.15) is 30.9 Å². The zero-order valence-electron chi connectivity index (χ0n) is 15.4. The van der Waals surface area contributed by atoms with Gasteiger partial charge in [0.25, 0.3) is 10.0 Å². The fraction of sp³-hybridized carbons (Fsp3) is 0.300. The van der Waals surface area contributed by atoms with Gasteiger partial charge < -0.3 is 10.6 Å². The lowest BCUT2D eigenvalue weighted by Gasteiger charge is -2.20. The smallest absolute Gasteiger partial charge is 0.286 e. The summed E-state index contributed by atoms with van der Waals surface area (Å²) in [7, 11) is -3.69. The van der Waals surface area contributed by atoms with Crippen LogP contribution in [0.3, 0.4) is 0 Å². The molecule has 0 bridgehead atoms. The molecule has 0 aromatic heterocycles. The molecule has 1 aliphatic heterocycles. The van der Waals surface area contributed by atoms with Crippen molar-refractivity contribution in [3.63, 3.8) is 0 Å². The number of hydrogen-bond donors (Lipinski definition) is 2. The Morgan fingerprint density at radius 1 is 1.15 bits per heavy atom. The van der Waals surface area contributed by atoms with Gasteiger partial charge in [0.15, 0.2) is 0 Å². The monoisotopic (exact) mass is 385 g/mol. The lowest BCUT2D eigenvalue weighted by Crippen LogP contribution is -2.27. The molecule has 142 valence electrons. The maximum Gasteiger partial charge on any atom is 0.286 e. The van der Waals surface area contributed by atoms with E-state index in [0.717, 1.165) is 5.56 Å². The van der Waals surface area contributed by atoms with E-state index in [0.29, 0.717) is 30.9 Å². The van der Waals surface area contributed by atoms with Crippen molar-refractivity contribution in [2.45, 2.75) is 38.1 Å². The molecule has 0 spiro atoms. The summed E-state index contributed by atoms with van der Waals surface area (Å²) in [6, 6.07) is 14.7. The molecular weight excluding hydrogens is 362 g/mol. The number of nitrogens with zero attached hydrogens (tertiary/aromatic N) is 1. The van der Waals surface area contributed by atoms with Crippen LogP contribution >= 0.6 is 0 Å². The van der Waals surface area contributed by atoms with Crippen LogP contribution in [-0.2, 0) is 21.4 Å². The number of para-hydroxylation sites is 1. The van der Waals surface area contributed by atoms with Crippen LogP contribution in [0.25, 0.3) is 0 Å². The first-order valence-electron chi connectivity index (χ1n) is 8.85. The third-order valence-corrected chi connectivity index (χ3v) is 5.73. The van der Waals surface area contributed by atoms with Crippen molar-refractivity contribution in [3.05, 3.63) is 59.7 Å². The molecule has 1 heterocycles. The minimum absolute atomic E-state index is 0.0465. The van der Waals surface area contributed by atoms with Gasteiger partial charge in [-0.15, -0.1) is 4.40 Å². The average Bonchev–Trinajstić information content (AvgIpc) is 2.60.